The minimum atomic E-state index is 0.610. The van der Waals surface area contributed by atoms with Crippen molar-refractivity contribution < 1.29 is 0 Å². The van der Waals surface area contributed by atoms with Gasteiger partial charge in [0.1, 0.15) is 0 Å². The Morgan fingerprint density at radius 3 is 2.60 bits per heavy atom. The smallest absolute Gasteiger partial charge is 0.207 e. The zero-order valence-corrected chi connectivity index (χ0v) is 12.7. The van der Waals surface area contributed by atoms with Crippen molar-refractivity contribution in [2.45, 2.75) is 43.0 Å². The SMILES string of the molecule is CSc1ccc(Nc2nccn2C2CCCCC2)cc1. The molecule has 1 aliphatic rings. The quantitative estimate of drug-likeness (QED) is 0.815. The second-order valence-electron chi connectivity index (χ2n) is 5.30. The summed E-state index contributed by atoms with van der Waals surface area (Å²) in [5, 5.41) is 3.44. The lowest BCUT2D eigenvalue weighted by Gasteiger charge is -2.24. The summed E-state index contributed by atoms with van der Waals surface area (Å²) in [5.41, 5.74) is 1.10. The molecule has 20 heavy (non-hydrogen) atoms. The van der Waals surface area contributed by atoms with E-state index in [0.717, 1.165) is 11.6 Å². The Kier molecular flexibility index (Phi) is 4.31. The third-order valence-electron chi connectivity index (χ3n) is 3.98. The molecule has 1 aliphatic carbocycles. The molecule has 1 heterocycles. The molecular weight excluding hydrogens is 266 g/mol. The molecule has 0 amide bonds. The van der Waals surface area contributed by atoms with Crippen molar-refractivity contribution in [3.63, 3.8) is 0 Å². The van der Waals surface area contributed by atoms with Gasteiger partial charge in [-0.2, -0.15) is 0 Å². The van der Waals surface area contributed by atoms with Gasteiger partial charge in [0.2, 0.25) is 5.95 Å². The molecule has 0 bridgehead atoms. The van der Waals surface area contributed by atoms with Crippen LogP contribution in [-0.2, 0) is 0 Å². The van der Waals surface area contributed by atoms with Gasteiger partial charge in [0, 0.05) is 29.0 Å². The first-order chi connectivity index (χ1) is 9.86. The summed E-state index contributed by atoms with van der Waals surface area (Å²) in [6, 6.07) is 9.12. The van der Waals surface area contributed by atoms with Crippen LogP contribution >= 0.6 is 11.8 Å². The largest absolute Gasteiger partial charge is 0.326 e. The van der Waals surface area contributed by atoms with Gasteiger partial charge in [-0.25, -0.2) is 4.98 Å². The molecule has 1 fully saturated rings. The number of thioether (sulfide) groups is 1. The molecule has 0 spiro atoms. The van der Waals surface area contributed by atoms with E-state index in [2.05, 4.69) is 51.6 Å². The second kappa shape index (κ2) is 6.35. The fourth-order valence-corrected chi connectivity index (χ4v) is 3.28. The van der Waals surface area contributed by atoms with Crippen LogP contribution in [0.25, 0.3) is 0 Å². The molecule has 1 saturated carbocycles. The lowest BCUT2D eigenvalue weighted by molar-refractivity contribution is 0.356. The Balaban J connectivity index is 1.75. The van der Waals surface area contributed by atoms with E-state index in [1.54, 1.807) is 11.8 Å². The minimum Gasteiger partial charge on any atom is -0.326 e. The minimum absolute atomic E-state index is 0.610. The zero-order valence-electron chi connectivity index (χ0n) is 11.9. The highest BCUT2D eigenvalue weighted by Crippen LogP contribution is 2.31. The van der Waals surface area contributed by atoms with E-state index in [-0.39, 0.29) is 0 Å². The van der Waals surface area contributed by atoms with E-state index < -0.39 is 0 Å². The Bertz CT molecular complexity index is 541. The maximum Gasteiger partial charge on any atom is 0.207 e. The van der Waals surface area contributed by atoms with E-state index in [1.165, 1.54) is 37.0 Å². The van der Waals surface area contributed by atoms with Crippen molar-refractivity contribution in [3.05, 3.63) is 36.7 Å². The summed E-state index contributed by atoms with van der Waals surface area (Å²) in [4.78, 5) is 5.76. The highest BCUT2D eigenvalue weighted by molar-refractivity contribution is 7.98. The van der Waals surface area contributed by atoms with Crippen LogP contribution in [0.1, 0.15) is 38.1 Å². The number of benzene rings is 1. The Hall–Kier alpha value is -1.42. The summed E-state index contributed by atoms with van der Waals surface area (Å²) in [6.45, 7) is 0. The molecule has 0 radical (unpaired) electrons. The fraction of sp³-hybridized carbons (Fsp3) is 0.438. The van der Waals surface area contributed by atoms with Crippen LogP contribution in [-0.4, -0.2) is 15.8 Å². The van der Waals surface area contributed by atoms with E-state index in [4.69, 9.17) is 0 Å². The highest BCUT2D eigenvalue weighted by Gasteiger charge is 2.17. The highest BCUT2D eigenvalue weighted by atomic mass is 32.2. The summed E-state index contributed by atoms with van der Waals surface area (Å²) in [6.07, 6.45) is 12.7. The van der Waals surface area contributed by atoms with Gasteiger partial charge in [0.25, 0.3) is 0 Å². The summed E-state index contributed by atoms with van der Waals surface area (Å²) in [7, 11) is 0. The van der Waals surface area contributed by atoms with Crippen molar-refractivity contribution in [3.8, 4) is 0 Å². The molecular formula is C16H21N3S. The number of hydrogen-bond acceptors (Lipinski definition) is 3. The molecule has 106 valence electrons. The van der Waals surface area contributed by atoms with Crippen molar-refractivity contribution in [2.24, 2.45) is 0 Å². The molecule has 4 heteroatoms. The Morgan fingerprint density at radius 2 is 1.90 bits per heavy atom. The van der Waals surface area contributed by atoms with Crippen LogP contribution in [0.4, 0.5) is 11.6 Å². The average molecular weight is 287 g/mol. The van der Waals surface area contributed by atoms with Crippen LogP contribution in [0.3, 0.4) is 0 Å². The van der Waals surface area contributed by atoms with Crippen molar-refractivity contribution in [1.29, 1.82) is 0 Å². The van der Waals surface area contributed by atoms with Gasteiger partial charge in [-0.15, -0.1) is 11.8 Å². The van der Waals surface area contributed by atoms with Crippen LogP contribution in [0.5, 0.6) is 0 Å². The Labute approximate surface area is 124 Å². The van der Waals surface area contributed by atoms with Gasteiger partial charge < -0.3 is 9.88 Å². The summed E-state index contributed by atoms with van der Waals surface area (Å²) in [5.74, 6) is 0.966. The lowest BCUT2D eigenvalue weighted by atomic mass is 9.95. The number of hydrogen-bond donors (Lipinski definition) is 1. The number of aromatic nitrogens is 2. The van der Waals surface area contributed by atoms with Crippen LogP contribution in [0, 0.1) is 0 Å². The molecule has 0 aliphatic heterocycles. The van der Waals surface area contributed by atoms with E-state index in [9.17, 15) is 0 Å². The lowest BCUT2D eigenvalue weighted by Crippen LogP contribution is -2.14. The first kappa shape index (κ1) is 13.6. The normalized spacial score (nSPS) is 16.2. The van der Waals surface area contributed by atoms with Gasteiger partial charge in [-0.3, -0.25) is 0 Å². The number of anilines is 2. The van der Waals surface area contributed by atoms with Gasteiger partial charge in [0.05, 0.1) is 0 Å². The first-order valence-electron chi connectivity index (χ1n) is 7.31. The molecule has 1 aromatic carbocycles. The molecule has 1 N–H and O–H groups in total. The van der Waals surface area contributed by atoms with E-state index in [0.29, 0.717) is 6.04 Å². The number of imidazole rings is 1. The van der Waals surface area contributed by atoms with Gasteiger partial charge in [-0.1, -0.05) is 19.3 Å². The molecule has 0 unspecified atom stereocenters. The molecule has 0 saturated heterocycles. The van der Waals surface area contributed by atoms with Crippen molar-refractivity contribution in [1.82, 2.24) is 9.55 Å². The topological polar surface area (TPSA) is 29.9 Å². The van der Waals surface area contributed by atoms with Gasteiger partial charge >= 0.3 is 0 Å². The summed E-state index contributed by atoms with van der Waals surface area (Å²) < 4.78 is 2.31. The van der Waals surface area contributed by atoms with E-state index in [1.807, 2.05) is 6.20 Å². The standard InChI is InChI=1S/C16H21N3S/c1-20-15-9-7-13(8-10-15)18-16-17-11-12-19(16)14-5-3-2-4-6-14/h7-12,14H,2-6H2,1H3,(H,17,18). The van der Waals surface area contributed by atoms with E-state index >= 15 is 0 Å². The van der Waals surface area contributed by atoms with Crippen LogP contribution in [0.2, 0.25) is 0 Å². The number of nitrogens with one attached hydrogen (secondary N) is 1. The van der Waals surface area contributed by atoms with Crippen molar-refractivity contribution in [2.75, 3.05) is 11.6 Å². The third kappa shape index (κ3) is 3.01. The average Bonchev–Trinajstić information content (AvgIpc) is 2.97. The number of nitrogens with zero attached hydrogens (tertiary/aromatic N) is 2. The summed E-state index contributed by atoms with van der Waals surface area (Å²) >= 11 is 1.76. The molecule has 3 rings (SSSR count). The van der Waals surface area contributed by atoms with Crippen LogP contribution < -0.4 is 5.32 Å². The van der Waals surface area contributed by atoms with Gasteiger partial charge in [0.15, 0.2) is 0 Å². The first-order valence-corrected chi connectivity index (χ1v) is 8.53. The monoisotopic (exact) mass is 287 g/mol. The third-order valence-corrected chi connectivity index (χ3v) is 4.73. The Morgan fingerprint density at radius 1 is 1.15 bits per heavy atom. The van der Waals surface area contributed by atoms with Crippen LogP contribution in [0.15, 0.2) is 41.6 Å². The second-order valence-corrected chi connectivity index (χ2v) is 6.18. The zero-order chi connectivity index (χ0) is 13.8. The molecule has 0 atom stereocenters. The number of rotatable bonds is 4. The molecule has 1 aromatic heterocycles. The predicted octanol–water partition coefficient (Wildman–Crippen LogP) is 4.85. The van der Waals surface area contributed by atoms with Crippen molar-refractivity contribution >= 4 is 23.4 Å². The van der Waals surface area contributed by atoms with Gasteiger partial charge in [-0.05, 0) is 43.4 Å². The maximum absolute atomic E-state index is 4.48. The maximum atomic E-state index is 4.48. The molecule has 3 nitrogen and oxygen atoms in total. The predicted molar refractivity (Wildman–Crippen MR) is 85.9 cm³/mol. The molecule has 2 aromatic rings. The fourth-order valence-electron chi connectivity index (χ4n) is 2.87.